The minimum atomic E-state index is 0.0162. The fraction of sp³-hybridized carbons (Fsp3) is 0.375. The summed E-state index contributed by atoms with van der Waals surface area (Å²) in [6.45, 7) is 5.94. The van der Waals surface area contributed by atoms with Gasteiger partial charge in [-0.2, -0.15) is 0 Å². The Bertz CT molecular complexity index is 1340. The fourth-order valence-corrected chi connectivity index (χ4v) is 4.73. The van der Waals surface area contributed by atoms with Crippen LogP contribution in [0.5, 0.6) is 11.5 Å². The van der Waals surface area contributed by atoms with E-state index in [9.17, 15) is 4.79 Å². The molecule has 0 fully saturated rings. The van der Waals surface area contributed by atoms with Crippen LogP contribution in [0.4, 0.5) is 0 Å². The topological polar surface area (TPSA) is 65.4 Å². The molecule has 4 rings (SSSR count). The smallest absolute Gasteiger partial charge is 0.224 e. The molecule has 3 aromatic carbocycles. The van der Waals surface area contributed by atoms with Crippen molar-refractivity contribution in [2.75, 3.05) is 20.8 Å². The van der Waals surface area contributed by atoms with Crippen molar-refractivity contribution in [1.29, 1.82) is 0 Å². The molecule has 4 aromatic rings. The molecule has 0 aliphatic carbocycles. The minimum Gasteiger partial charge on any atom is -0.493 e. The molecule has 1 N–H and O–H groups in total. The van der Waals surface area contributed by atoms with Crippen molar-refractivity contribution < 1.29 is 14.3 Å². The van der Waals surface area contributed by atoms with Crippen LogP contribution in [0, 0.1) is 0 Å². The summed E-state index contributed by atoms with van der Waals surface area (Å²) in [7, 11) is 3.20. The third-order valence-corrected chi connectivity index (χ3v) is 6.93. The van der Waals surface area contributed by atoms with Gasteiger partial charge in [-0.1, -0.05) is 62.7 Å². The molecular formula is C32H39N3O3. The van der Waals surface area contributed by atoms with Crippen molar-refractivity contribution in [3.05, 3.63) is 89.2 Å². The van der Waals surface area contributed by atoms with Crippen LogP contribution in [-0.4, -0.2) is 36.2 Å². The lowest BCUT2D eigenvalue weighted by Crippen LogP contribution is -2.26. The van der Waals surface area contributed by atoms with Crippen LogP contribution >= 0.6 is 0 Å². The van der Waals surface area contributed by atoms with Crippen LogP contribution in [0.1, 0.15) is 61.5 Å². The van der Waals surface area contributed by atoms with Crippen molar-refractivity contribution in [3.8, 4) is 11.5 Å². The van der Waals surface area contributed by atoms with E-state index >= 15 is 0 Å². The largest absolute Gasteiger partial charge is 0.493 e. The van der Waals surface area contributed by atoms with Crippen molar-refractivity contribution in [2.24, 2.45) is 0 Å². The van der Waals surface area contributed by atoms with Crippen LogP contribution in [-0.2, 0) is 24.2 Å². The number of para-hydroxylation sites is 2. The zero-order chi connectivity index (χ0) is 26.9. The van der Waals surface area contributed by atoms with Crippen LogP contribution in [0.15, 0.2) is 66.7 Å². The molecule has 0 spiro atoms. The van der Waals surface area contributed by atoms with E-state index in [-0.39, 0.29) is 5.91 Å². The van der Waals surface area contributed by atoms with Gasteiger partial charge in [0.15, 0.2) is 11.5 Å². The summed E-state index contributed by atoms with van der Waals surface area (Å²) >= 11 is 0. The zero-order valence-electron chi connectivity index (χ0n) is 23.0. The monoisotopic (exact) mass is 513 g/mol. The summed E-state index contributed by atoms with van der Waals surface area (Å²) in [4.78, 5) is 17.3. The Kier molecular flexibility index (Phi) is 9.41. The molecule has 1 aromatic heterocycles. The Morgan fingerprint density at radius 3 is 2.37 bits per heavy atom. The lowest BCUT2D eigenvalue weighted by atomic mass is 10.0. The number of fused-ring (bicyclic) bond motifs is 1. The van der Waals surface area contributed by atoms with Gasteiger partial charge in [-0.25, -0.2) is 4.98 Å². The van der Waals surface area contributed by atoms with E-state index in [1.165, 1.54) is 16.6 Å². The molecule has 0 bridgehead atoms. The molecule has 6 heteroatoms. The molecule has 0 radical (unpaired) electrons. The average molecular weight is 514 g/mol. The summed E-state index contributed by atoms with van der Waals surface area (Å²) in [5, 5.41) is 3.04. The highest BCUT2D eigenvalue weighted by Gasteiger charge is 2.12. The number of amides is 1. The molecule has 1 heterocycles. The highest BCUT2D eigenvalue weighted by molar-refractivity contribution is 5.78. The molecule has 0 aliphatic rings. The molecule has 1 amide bonds. The van der Waals surface area contributed by atoms with E-state index in [1.54, 1.807) is 14.2 Å². The predicted molar refractivity (Wildman–Crippen MR) is 153 cm³/mol. The minimum absolute atomic E-state index is 0.0162. The Balaban J connectivity index is 1.27. The van der Waals surface area contributed by atoms with Gasteiger partial charge < -0.3 is 19.4 Å². The van der Waals surface area contributed by atoms with Crippen molar-refractivity contribution in [2.45, 2.75) is 58.4 Å². The fourth-order valence-electron chi connectivity index (χ4n) is 4.73. The molecule has 200 valence electrons. The second-order valence-corrected chi connectivity index (χ2v) is 10.0. The molecule has 0 saturated heterocycles. The van der Waals surface area contributed by atoms with Gasteiger partial charge in [0.2, 0.25) is 5.91 Å². The maximum atomic E-state index is 12.4. The lowest BCUT2D eigenvalue weighted by Gasteiger charge is -2.12. The molecule has 0 unspecified atom stereocenters. The molecule has 0 atom stereocenters. The number of carbonyl (C=O) groups excluding carboxylic acids is 1. The van der Waals surface area contributed by atoms with Gasteiger partial charge in [-0.15, -0.1) is 0 Å². The molecule has 38 heavy (non-hydrogen) atoms. The maximum Gasteiger partial charge on any atom is 0.224 e. The number of nitrogens with one attached hydrogen (secondary N) is 1. The van der Waals surface area contributed by atoms with Gasteiger partial charge in [-0.05, 0) is 59.7 Å². The molecular weight excluding hydrogens is 474 g/mol. The predicted octanol–water partition coefficient (Wildman–Crippen LogP) is 6.30. The number of hydrogen-bond acceptors (Lipinski definition) is 4. The third-order valence-electron chi connectivity index (χ3n) is 6.93. The number of nitrogens with zero attached hydrogens (tertiary/aromatic N) is 2. The van der Waals surface area contributed by atoms with E-state index in [1.807, 2.05) is 24.3 Å². The summed E-state index contributed by atoms with van der Waals surface area (Å²) in [6.07, 6.45) is 4.24. The first kappa shape index (κ1) is 27.2. The number of ether oxygens (including phenoxy) is 2. The van der Waals surface area contributed by atoms with E-state index in [2.05, 4.69) is 66.2 Å². The zero-order valence-corrected chi connectivity index (χ0v) is 23.0. The summed E-state index contributed by atoms with van der Waals surface area (Å²) < 4.78 is 12.9. The van der Waals surface area contributed by atoms with Crippen LogP contribution in [0.3, 0.4) is 0 Å². The van der Waals surface area contributed by atoms with Crippen LogP contribution in [0.25, 0.3) is 11.0 Å². The van der Waals surface area contributed by atoms with Crippen LogP contribution in [0.2, 0.25) is 0 Å². The van der Waals surface area contributed by atoms with Crippen LogP contribution < -0.4 is 14.8 Å². The standard InChI is InChI=1S/C32H39N3O3/c1-23(2)26-16-13-24(14-17-26)22-35-28-11-8-7-10-27(28)34-31(35)12-6-5-9-19-33-32(36)21-25-15-18-29(37-3)30(20-25)38-4/h7-8,10-11,13-18,20,23H,5-6,9,12,19,21-22H2,1-4H3,(H,33,36). The summed E-state index contributed by atoms with van der Waals surface area (Å²) in [5.74, 6) is 2.97. The van der Waals surface area contributed by atoms with Gasteiger partial charge >= 0.3 is 0 Å². The number of carbonyl (C=O) groups is 1. The number of unbranched alkanes of at least 4 members (excludes halogenated alkanes) is 2. The quantitative estimate of drug-likeness (QED) is 0.213. The Morgan fingerprint density at radius 2 is 1.63 bits per heavy atom. The van der Waals surface area contributed by atoms with Crippen molar-refractivity contribution in [1.82, 2.24) is 14.9 Å². The first-order valence-corrected chi connectivity index (χ1v) is 13.5. The highest BCUT2D eigenvalue weighted by atomic mass is 16.5. The normalized spacial score (nSPS) is 11.2. The van der Waals surface area contributed by atoms with E-state index in [4.69, 9.17) is 14.5 Å². The van der Waals surface area contributed by atoms with E-state index in [0.29, 0.717) is 30.4 Å². The highest BCUT2D eigenvalue weighted by Crippen LogP contribution is 2.27. The summed E-state index contributed by atoms with van der Waals surface area (Å²) in [6, 6.07) is 22.9. The second-order valence-electron chi connectivity index (χ2n) is 10.0. The van der Waals surface area contributed by atoms with E-state index in [0.717, 1.165) is 49.1 Å². The van der Waals surface area contributed by atoms with Gasteiger partial charge in [0.1, 0.15) is 5.82 Å². The second kappa shape index (κ2) is 13.1. The van der Waals surface area contributed by atoms with Gasteiger partial charge in [0, 0.05) is 19.5 Å². The number of methoxy groups -OCH3 is 2. The number of rotatable bonds is 13. The first-order chi connectivity index (χ1) is 18.5. The molecule has 0 aliphatic heterocycles. The molecule has 6 nitrogen and oxygen atoms in total. The number of benzene rings is 3. The Labute approximate surface area is 226 Å². The van der Waals surface area contributed by atoms with Gasteiger partial charge in [-0.3, -0.25) is 4.79 Å². The van der Waals surface area contributed by atoms with Crippen molar-refractivity contribution in [3.63, 3.8) is 0 Å². The Morgan fingerprint density at radius 1 is 0.895 bits per heavy atom. The van der Waals surface area contributed by atoms with Crippen molar-refractivity contribution >= 4 is 16.9 Å². The Hall–Kier alpha value is -3.80. The lowest BCUT2D eigenvalue weighted by molar-refractivity contribution is -0.120. The third kappa shape index (κ3) is 6.94. The average Bonchev–Trinajstić information content (AvgIpc) is 3.27. The van der Waals surface area contributed by atoms with E-state index < -0.39 is 0 Å². The molecule has 0 saturated carbocycles. The first-order valence-electron chi connectivity index (χ1n) is 13.5. The maximum absolute atomic E-state index is 12.4. The number of aromatic nitrogens is 2. The SMILES string of the molecule is COc1ccc(CC(=O)NCCCCCc2nc3ccccc3n2Cc2ccc(C(C)C)cc2)cc1OC. The van der Waals surface area contributed by atoms with Gasteiger partial charge in [0.05, 0.1) is 31.7 Å². The van der Waals surface area contributed by atoms with Gasteiger partial charge in [0.25, 0.3) is 0 Å². The number of imidazole rings is 1. The number of hydrogen-bond donors (Lipinski definition) is 1. The number of aryl methyl sites for hydroxylation is 1. The summed E-state index contributed by atoms with van der Waals surface area (Å²) in [5.41, 5.74) is 5.77.